The van der Waals surface area contributed by atoms with Crippen molar-refractivity contribution >= 4 is 17.8 Å². The minimum absolute atomic E-state index is 0.0230. The Labute approximate surface area is 174 Å². The Morgan fingerprint density at radius 3 is 2.26 bits per heavy atom. The highest BCUT2D eigenvalue weighted by atomic mass is 19.1. The predicted molar refractivity (Wildman–Crippen MR) is 108 cm³/mol. The van der Waals surface area contributed by atoms with Gasteiger partial charge in [0.05, 0.1) is 7.11 Å². The lowest BCUT2D eigenvalue weighted by atomic mass is 9.95. The average molecular weight is 428 g/mol. The number of methoxy groups -OCH3 is 1. The second kappa shape index (κ2) is 8.57. The number of aromatic amines is 1. The van der Waals surface area contributed by atoms with E-state index in [1.165, 1.54) is 49.6 Å². The van der Waals surface area contributed by atoms with Crippen molar-refractivity contribution in [1.82, 2.24) is 4.98 Å². The maximum atomic E-state index is 13.1. The number of nitrogen functional groups attached to an aromatic ring is 1. The number of benzene rings is 2. The number of rotatable bonds is 7. The molecule has 5 N–H and O–H groups in total. The molecule has 31 heavy (non-hydrogen) atoms. The van der Waals surface area contributed by atoms with Crippen molar-refractivity contribution in [3.63, 3.8) is 0 Å². The Bertz CT molecular complexity index is 1220. The summed E-state index contributed by atoms with van der Waals surface area (Å²) >= 11 is 0. The standard InChI is InChI=1S/C21H17FN2O7/c1-30-13-7-4-11(8-14(13)31-9-10-2-5-12(22)6-3-10)15-16(20(26)27)18(23)24-19(25)17(15)21(28)29/h2-8H,9H2,1H3,(H,26,27)(H,28,29)(H3,23,24,25). The summed E-state index contributed by atoms with van der Waals surface area (Å²) in [5, 5.41) is 19.1. The second-order valence-corrected chi connectivity index (χ2v) is 6.38. The van der Waals surface area contributed by atoms with E-state index in [1.54, 1.807) is 0 Å². The smallest absolute Gasteiger partial charge is 0.342 e. The number of nitrogens with two attached hydrogens (primary N) is 1. The molecule has 0 aliphatic rings. The fourth-order valence-electron chi connectivity index (χ4n) is 3.02. The number of ether oxygens (including phenoxy) is 2. The molecule has 0 fully saturated rings. The number of carbonyl (C=O) groups is 2. The number of nitrogens with one attached hydrogen (secondary N) is 1. The average Bonchev–Trinajstić information content (AvgIpc) is 2.71. The fourth-order valence-corrected chi connectivity index (χ4v) is 3.02. The SMILES string of the molecule is COc1ccc(-c2c(C(=O)O)c(N)[nH]c(=O)c2C(=O)O)cc1OCc1ccc(F)cc1. The van der Waals surface area contributed by atoms with Crippen molar-refractivity contribution in [2.45, 2.75) is 6.61 Å². The van der Waals surface area contributed by atoms with E-state index in [-0.39, 0.29) is 29.2 Å². The van der Waals surface area contributed by atoms with E-state index in [9.17, 15) is 29.0 Å². The van der Waals surface area contributed by atoms with Crippen LogP contribution in [0.4, 0.5) is 10.2 Å². The molecule has 0 aliphatic heterocycles. The minimum Gasteiger partial charge on any atom is -0.493 e. The number of pyridine rings is 1. The number of carboxylic acids is 2. The molecular formula is C21H17FN2O7. The number of hydrogen-bond acceptors (Lipinski definition) is 6. The van der Waals surface area contributed by atoms with Gasteiger partial charge in [0.15, 0.2) is 11.5 Å². The third kappa shape index (κ3) is 4.32. The Kier molecular flexibility index (Phi) is 5.91. The summed E-state index contributed by atoms with van der Waals surface area (Å²) in [5.74, 6) is -3.60. The molecule has 0 amide bonds. The van der Waals surface area contributed by atoms with E-state index in [4.69, 9.17) is 15.2 Å². The minimum atomic E-state index is -1.62. The first-order chi connectivity index (χ1) is 14.7. The second-order valence-electron chi connectivity index (χ2n) is 6.38. The molecule has 0 atom stereocenters. The van der Waals surface area contributed by atoms with Crippen LogP contribution in [0.5, 0.6) is 11.5 Å². The van der Waals surface area contributed by atoms with Crippen LogP contribution in [0.2, 0.25) is 0 Å². The number of hydrogen-bond donors (Lipinski definition) is 4. The molecule has 3 rings (SSSR count). The van der Waals surface area contributed by atoms with Gasteiger partial charge in [0.1, 0.15) is 29.4 Å². The van der Waals surface area contributed by atoms with Gasteiger partial charge in [-0.1, -0.05) is 18.2 Å². The lowest BCUT2D eigenvalue weighted by Gasteiger charge is -2.15. The first kappa shape index (κ1) is 21.4. The molecule has 3 aromatic rings. The van der Waals surface area contributed by atoms with Crippen molar-refractivity contribution < 1.29 is 33.7 Å². The van der Waals surface area contributed by atoms with Crippen molar-refractivity contribution in [1.29, 1.82) is 0 Å². The van der Waals surface area contributed by atoms with Crippen molar-refractivity contribution in [3.05, 3.63) is 75.3 Å². The highest BCUT2D eigenvalue weighted by molar-refractivity contribution is 6.07. The monoisotopic (exact) mass is 428 g/mol. The summed E-state index contributed by atoms with van der Waals surface area (Å²) in [4.78, 5) is 37.7. The molecule has 0 bridgehead atoms. The normalized spacial score (nSPS) is 10.5. The summed E-state index contributed by atoms with van der Waals surface area (Å²) in [6.07, 6.45) is 0. The zero-order valence-corrected chi connectivity index (χ0v) is 16.1. The van der Waals surface area contributed by atoms with E-state index in [0.717, 1.165) is 0 Å². The molecule has 2 aromatic carbocycles. The van der Waals surface area contributed by atoms with Crippen LogP contribution >= 0.6 is 0 Å². The highest BCUT2D eigenvalue weighted by Crippen LogP contribution is 2.36. The van der Waals surface area contributed by atoms with Crippen LogP contribution in [0.3, 0.4) is 0 Å². The van der Waals surface area contributed by atoms with E-state index in [0.29, 0.717) is 5.56 Å². The van der Waals surface area contributed by atoms with Crippen LogP contribution in [0, 0.1) is 5.82 Å². The molecule has 9 nitrogen and oxygen atoms in total. The lowest BCUT2D eigenvalue weighted by Crippen LogP contribution is -2.24. The highest BCUT2D eigenvalue weighted by Gasteiger charge is 2.27. The van der Waals surface area contributed by atoms with Gasteiger partial charge < -0.3 is 30.4 Å². The summed E-state index contributed by atoms with van der Waals surface area (Å²) in [6, 6.07) is 9.74. The number of aromatic carboxylic acids is 2. The Morgan fingerprint density at radius 1 is 1.03 bits per heavy atom. The van der Waals surface area contributed by atoms with Gasteiger partial charge in [0, 0.05) is 5.56 Å². The van der Waals surface area contributed by atoms with Gasteiger partial charge in [-0.25, -0.2) is 14.0 Å². The fraction of sp³-hybridized carbons (Fsp3) is 0.0952. The van der Waals surface area contributed by atoms with Gasteiger partial charge in [-0.05, 0) is 35.4 Å². The predicted octanol–water partition coefficient (Wildman–Crippen LogP) is 2.75. The number of anilines is 1. The maximum Gasteiger partial charge on any atom is 0.342 e. The molecule has 0 unspecified atom stereocenters. The van der Waals surface area contributed by atoms with Crippen molar-refractivity contribution in [2.75, 3.05) is 12.8 Å². The number of halogens is 1. The molecule has 160 valence electrons. The Balaban J connectivity index is 2.14. The third-order valence-electron chi connectivity index (χ3n) is 4.43. The summed E-state index contributed by atoms with van der Waals surface area (Å²) < 4.78 is 24.0. The van der Waals surface area contributed by atoms with E-state index < -0.39 is 40.3 Å². The molecule has 10 heteroatoms. The maximum absolute atomic E-state index is 13.1. The molecule has 0 saturated heterocycles. The molecular weight excluding hydrogens is 411 g/mol. The quantitative estimate of drug-likeness (QED) is 0.448. The zero-order chi connectivity index (χ0) is 22.7. The van der Waals surface area contributed by atoms with Gasteiger partial charge in [0.2, 0.25) is 0 Å². The van der Waals surface area contributed by atoms with Crippen molar-refractivity contribution in [3.8, 4) is 22.6 Å². The van der Waals surface area contributed by atoms with Gasteiger partial charge in [0.25, 0.3) is 5.56 Å². The van der Waals surface area contributed by atoms with E-state index in [1.807, 2.05) is 4.98 Å². The molecule has 1 aromatic heterocycles. The van der Waals surface area contributed by atoms with Crippen molar-refractivity contribution in [2.24, 2.45) is 0 Å². The molecule has 0 saturated carbocycles. The van der Waals surface area contributed by atoms with Gasteiger partial charge >= 0.3 is 11.9 Å². The van der Waals surface area contributed by atoms with Crippen LogP contribution in [0.1, 0.15) is 26.3 Å². The summed E-state index contributed by atoms with van der Waals surface area (Å²) in [7, 11) is 1.39. The van der Waals surface area contributed by atoms with Gasteiger partial charge in [-0.2, -0.15) is 0 Å². The van der Waals surface area contributed by atoms with E-state index >= 15 is 0 Å². The van der Waals surface area contributed by atoms with Crippen LogP contribution < -0.4 is 20.8 Å². The molecule has 0 aliphatic carbocycles. The molecule has 0 spiro atoms. The van der Waals surface area contributed by atoms with Gasteiger partial charge in [-0.15, -0.1) is 0 Å². The Hall–Kier alpha value is -4.34. The number of H-pyrrole nitrogens is 1. The van der Waals surface area contributed by atoms with Gasteiger partial charge in [-0.3, -0.25) is 4.79 Å². The third-order valence-corrected chi connectivity index (χ3v) is 4.43. The first-order valence-corrected chi connectivity index (χ1v) is 8.81. The number of carboxylic acid groups (broad SMARTS) is 2. The molecule has 0 radical (unpaired) electrons. The number of aromatic nitrogens is 1. The largest absolute Gasteiger partial charge is 0.493 e. The molecule has 1 heterocycles. The van der Waals surface area contributed by atoms with Crippen LogP contribution in [0.25, 0.3) is 11.1 Å². The summed E-state index contributed by atoms with van der Waals surface area (Å²) in [5.41, 5.74) is 3.62. The Morgan fingerprint density at radius 2 is 1.68 bits per heavy atom. The summed E-state index contributed by atoms with van der Waals surface area (Å²) in [6.45, 7) is 0.0230. The van der Waals surface area contributed by atoms with Crippen LogP contribution in [-0.4, -0.2) is 34.2 Å². The first-order valence-electron chi connectivity index (χ1n) is 8.81. The lowest BCUT2D eigenvalue weighted by molar-refractivity contribution is 0.0695. The zero-order valence-electron chi connectivity index (χ0n) is 16.1. The van der Waals surface area contributed by atoms with Crippen LogP contribution in [0.15, 0.2) is 47.3 Å². The topological polar surface area (TPSA) is 152 Å². The van der Waals surface area contributed by atoms with Crippen LogP contribution in [-0.2, 0) is 6.61 Å². The van der Waals surface area contributed by atoms with E-state index in [2.05, 4.69) is 0 Å².